The van der Waals surface area contributed by atoms with Gasteiger partial charge in [-0.2, -0.15) is 0 Å². The molecule has 5 aromatic rings. The van der Waals surface area contributed by atoms with Gasteiger partial charge in [-0.1, -0.05) is 121 Å². The van der Waals surface area contributed by atoms with Crippen molar-refractivity contribution in [1.29, 1.82) is 0 Å². The van der Waals surface area contributed by atoms with Gasteiger partial charge in [0.05, 0.1) is 16.7 Å². The molecule has 0 amide bonds. The molecule has 42 heavy (non-hydrogen) atoms. The van der Waals surface area contributed by atoms with Crippen LogP contribution in [-0.2, 0) is 16.2 Å². The Morgan fingerprint density at radius 1 is 0.548 bits per heavy atom. The minimum absolute atomic E-state index is 0.0192. The van der Waals surface area contributed by atoms with E-state index < -0.39 is 0 Å². The van der Waals surface area contributed by atoms with Gasteiger partial charge in [-0.15, -0.1) is 5.46 Å². The lowest BCUT2D eigenvalue weighted by molar-refractivity contribution is 0.587. The lowest BCUT2D eigenvalue weighted by Gasteiger charge is -2.30. The Kier molecular flexibility index (Phi) is 7.20. The van der Waals surface area contributed by atoms with E-state index in [-0.39, 0.29) is 16.2 Å². The van der Waals surface area contributed by atoms with Crippen LogP contribution in [-0.4, -0.2) is 28.1 Å². The fourth-order valence-corrected chi connectivity index (χ4v) is 6.35. The van der Waals surface area contributed by atoms with Crippen LogP contribution < -0.4 is 16.4 Å². The van der Waals surface area contributed by atoms with E-state index in [2.05, 4.69) is 121 Å². The van der Waals surface area contributed by atoms with Gasteiger partial charge in [-0.25, -0.2) is 0 Å². The summed E-state index contributed by atoms with van der Waals surface area (Å²) >= 11 is 0. The van der Waals surface area contributed by atoms with E-state index in [1.165, 1.54) is 38.5 Å². The maximum absolute atomic E-state index is 6.84. The normalized spacial score (nSPS) is 12.9. The van der Waals surface area contributed by atoms with Crippen LogP contribution in [0, 0.1) is 13.8 Å². The van der Waals surface area contributed by atoms with Crippen molar-refractivity contribution in [2.75, 3.05) is 0 Å². The molecule has 4 aromatic carbocycles. The second-order valence-corrected chi connectivity index (χ2v) is 15.1. The highest BCUT2D eigenvalue weighted by atomic mass is 15.0. The van der Waals surface area contributed by atoms with E-state index in [4.69, 9.17) is 23.5 Å². The molecule has 0 aliphatic rings. The first-order chi connectivity index (χ1) is 19.3. The molecule has 0 N–H and O–H groups in total. The van der Waals surface area contributed by atoms with Crippen molar-refractivity contribution in [3.8, 4) is 16.8 Å². The van der Waals surface area contributed by atoms with Gasteiger partial charge in [0.15, 0.2) is 0 Å². The van der Waals surface area contributed by atoms with Crippen molar-refractivity contribution < 1.29 is 0 Å². The number of hydrogen-bond acceptors (Lipinski definition) is 0. The Morgan fingerprint density at radius 3 is 1.48 bits per heavy atom. The summed E-state index contributed by atoms with van der Waals surface area (Å²) in [5, 5.41) is 2.51. The summed E-state index contributed by atoms with van der Waals surface area (Å²) < 4.78 is 2.48. The first-order valence-corrected chi connectivity index (χ1v) is 15.0. The second kappa shape index (κ2) is 9.97. The third-order valence-corrected chi connectivity index (χ3v) is 8.95. The zero-order valence-electron chi connectivity index (χ0n) is 27.4. The Labute approximate surface area is 257 Å². The SMILES string of the molecule is [B]c1c([B])c(C)c(-c2cccc(-n3c4cc(C(C)(C)C)ccc4c4ccc(C(C)(C)C)cc43)c2C(C)(C)C)c([B])c1C. The van der Waals surface area contributed by atoms with Crippen LogP contribution in [0.1, 0.15) is 90.1 Å². The number of hydrogen-bond donors (Lipinski definition) is 0. The number of aromatic nitrogens is 1. The predicted molar refractivity (Wildman–Crippen MR) is 188 cm³/mol. The summed E-state index contributed by atoms with van der Waals surface area (Å²) in [5.74, 6) is 0. The van der Waals surface area contributed by atoms with Crippen molar-refractivity contribution in [2.24, 2.45) is 0 Å². The minimum Gasteiger partial charge on any atom is -0.309 e. The summed E-state index contributed by atoms with van der Waals surface area (Å²) in [7, 11) is 19.8. The summed E-state index contributed by atoms with van der Waals surface area (Å²) in [6.07, 6.45) is 0. The summed E-state index contributed by atoms with van der Waals surface area (Å²) in [4.78, 5) is 0. The molecule has 1 nitrogen and oxygen atoms in total. The molecule has 0 spiro atoms. The second-order valence-electron chi connectivity index (χ2n) is 15.1. The van der Waals surface area contributed by atoms with E-state index in [1.807, 2.05) is 13.8 Å². The van der Waals surface area contributed by atoms with Crippen LogP contribution in [0.2, 0.25) is 0 Å². The third kappa shape index (κ3) is 4.85. The largest absolute Gasteiger partial charge is 0.309 e. The zero-order valence-corrected chi connectivity index (χ0v) is 27.4. The minimum atomic E-state index is -0.207. The lowest BCUT2D eigenvalue weighted by atomic mass is 9.66. The zero-order chi connectivity index (χ0) is 31.1. The van der Waals surface area contributed by atoms with Crippen molar-refractivity contribution in [3.63, 3.8) is 0 Å². The van der Waals surface area contributed by atoms with E-state index in [1.54, 1.807) is 0 Å². The molecule has 6 radical (unpaired) electrons. The Morgan fingerprint density at radius 2 is 1.02 bits per heavy atom. The molecule has 0 aliphatic heterocycles. The summed E-state index contributed by atoms with van der Waals surface area (Å²) in [6.45, 7) is 24.5. The molecular formula is C38H42B3N. The maximum atomic E-state index is 6.84. The highest BCUT2D eigenvalue weighted by Crippen LogP contribution is 2.43. The first-order valence-electron chi connectivity index (χ1n) is 15.0. The highest BCUT2D eigenvalue weighted by molar-refractivity contribution is 6.53. The van der Waals surface area contributed by atoms with Crippen molar-refractivity contribution >= 4 is 61.7 Å². The maximum Gasteiger partial charge on any atom is 0.115 e. The summed E-state index contributed by atoms with van der Waals surface area (Å²) in [5.41, 5.74) is 12.9. The average Bonchev–Trinajstić information content (AvgIpc) is 3.22. The van der Waals surface area contributed by atoms with Gasteiger partial charge in [0, 0.05) is 10.8 Å². The van der Waals surface area contributed by atoms with Gasteiger partial charge in [-0.3, -0.25) is 0 Å². The van der Waals surface area contributed by atoms with Gasteiger partial charge < -0.3 is 4.57 Å². The molecule has 0 saturated heterocycles. The molecular weight excluding hydrogens is 503 g/mol. The molecule has 208 valence electrons. The van der Waals surface area contributed by atoms with Gasteiger partial charge in [-0.05, 0) is 76.1 Å². The number of nitrogens with zero attached hydrogens (tertiary/aromatic N) is 1. The van der Waals surface area contributed by atoms with Crippen LogP contribution in [0.3, 0.4) is 0 Å². The van der Waals surface area contributed by atoms with E-state index in [9.17, 15) is 0 Å². The molecule has 1 aromatic heterocycles. The number of benzene rings is 4. The van der Waals surface area contributed by atoms with Gasteiger partial charge >= 0.3 is 0 Å². The standard InChI is InChI=1S/C38H42B3N/c1-21-31(33(39)22(2)35(41)34(21)40)27-13-12-14-28(32(27)38(9,10)11)42-29-19-23(36(3,4)5)15-17-25(29)26-18-16-24(20-30(26)42)37(6,7)8/h12-20H,1-11H3. The lowest BCUT2D eigenvalue weighted by Crippen LogP contribution is -2.37. The Bertz CT molecular complexity index is 1770. The van der Waals surface area contributed by atoms with Gasteiger partial charge in [0.1, 0.15) is 23.5 Å². The van der Waals surface area contributed by atoms with Crippen LogP contribution >= 0.6 is 0 Å². The predicted octanol–water partition coefficient (Wildman–Crippen LogP) is 7.34. The Hall–Kier alpha value is -3.13. The molecule has 0 unspecified atom stereocenters. The van der Waals surface area contributed by atoms with Crippen LogP contribution in [0.4, 0.5) is 0 Å². The molecule has 5 rings (SSSR count). The van der Waals surface area contributed by atoms with Crippen LogP contribution in [0.5, 0.6) is 0 Å². The fraction of sp³-hybridized carbons (Fsp3) is 0.368. The molecule has 0 bridgehead atoms. The van der Waals surface area contributed by atoms with Gasteiger partial charge in [0.25, 0.3) is 0 Å². The number of fused-ring (bicyclic) bond motifs is 3. The van der Waals surface area contributed by atoms with Crippen LogP contribution in [0.25, 0.3) is 38.6 Å². The topological polar surface area (TPSA) is 4.93 Å². The quantitative estimate of drug-likeness (QED) is 0.205. The van der Waals surface area contributed by atoms with Crippen molar-refractivity contribution in [2.45, 2.75) is 92.4 Å². The average molecular weight is 545 g/mol. The fourth-order valence-electron chi connectivity index (χ4n) is 6.35. The Balaban J connectivity index is 2.00. The van der Waals surface area contributed by atoms with Crippen molar-refractivity contribution in [1.82, 2.24) is 4.57 Å². The highest BCUT2D eigenvalue weighted by Gasteiger charge is 2.28. The number of rotatable bonds is 2. The van der Waals surface area contributed by atoms with Crippen molar-refractivity contribution in [3.05, 3.63) is 82.4 Å². The molecule has 0 aliphatic carbocycles. The molecule has 0 saturated carbocycles. The molecule has 0 fully saturated rings. The van der Waals surface area contributed by atoms with E-state index >= 15 is 0 Å². The third-order valence-electron chi connectivity index (χ3n) is 8.95. The molecule has 4 heteroatoms. The first kappa shape index (κ1) is 30.3. The van der Waals surface area contributed by atoms with Crippen LogP contribution in [0.15, 0.2) is 54.6 Å². The molecule has 1 heterocycles. The van der Waals surface area contributed by atoms with Gasteiger partial charge in [0.2, 0.25) is 0 Å². The van der Waals surface area contributed by atoms with E-state index in [0.717, 1.165) is 27.9 Å². The smallest absolute Gasteiger partial charge is 0.115 e. The molecule has 0 atom stereocenters. The summed E-state index contributed by atoms with van der Waals surface area (Å²) in [6, 6.07) is 20.6. The monoisotopic (exact) mass is 545 g/mol. The van der Waals surface area contributed by atoms with E-state index in [0.29, 0.717) is 16.4 Å².